The predicted octanol–water partition coefficient (Wildman–Crippen LogP) is 3.18. The van der Waals surface area contributed by atoms with Crippen molar-refractivity contribution in [2.75, 3.05) is 38.7 Å². The van der Waals surface area contributed by atoms with Crippen LogP contribution in [-0.2, 0) is 0 Å². The van der Waals surface area contributed by atoms with E-state index >= 15 is 0 Å². The van der Waals surface area contributed by atoms with Gasteiger partial charge < -0.3 is 9.47 Å². The molecule has 4 heteroatoms. The van der Waals surface area contributed by atoms with Crippen molar-refractivity contribution in [2.24, 2.45) is 5.92 Å². The first-order valence-corrected chi connectivity index (χ1v) is 7.99. The molecule has 1 aromatic rings. The third-order valence-corrected chi connectivity index (χ3v) is 4.58. The van der Waals surface area contributed by atoms with Gasteiger partial charge in [0.15, 0.2) is 11.5 Å². The van der Waals surface area contributed by atoms with Crippen molar-refractivity contribution >= 4 is 15.9 Å². The predicted molar refractivity (Wildman–Crippen MR) is 81.4 cm³/mol. The zero-order valence-corrected chi connectivity index (χ0v) is 13.1. The summed E-state index contributed by atoms with van der Waals surface area (Å²) in [7, 11) is 1.67. The van der Waals surface area contributed by atoms with E-state index in [0.29, 0.717) is 0 Å². The smallest absolute Gasteiger partial charge is 0.161 e. The van der Waals surface area contributed by atoms with Crippen molar-refractivity contribution in [3.63, 3.8) is 0 Å². The van der Waals surface area contributed by atoms with Crippen LogP contribution in [0.4, 0.5) is 0 Å². The highest BCUT2D eigenvalue weighted by Crippen LogP contribution is 2.25. The van der Waals surface area contributed by atoms with Gasteiger partial charge in [0.25, 0.3) is 0 Å². The molecule has 0 radical (unpaired) electrons. The van der Waals surface area contributed by atoms with Crippen LogP contribution in [0.25, 0.3) is 0 Å². The fraction of sp³-hybridized carbons (Fsp3) is 0.600. The number of alkyl halides is 1. The third kappa shape index (κ3) is 4.39. The summed E-state index contributed by atoms with van der Waals surface area (Å²) in [5.41, 5.74) is 0. The number of methoxy groups -OCH3 is 1. The standard InChI is InChI=1S/C15H22BrNO2/c1-18-14-4-2-3-5-15(14)19-11-10-17-8-6-13(12-16)7-9-17/h2-5,13H,6-12H2,1H3. The van der Waals surface area contributed by atoms with Gasteiger partial charge in [-0.1, -0.05) is 28.1 Å². The highest BCUT2D eigenvalue weighted by molar-refractivity contribution is 9.09. The van der Waals surface area contributed by atoms with Gasteiger partial charge in [-0.25, -0.2) is 0 Å². The number of piperidine rings is 1. The maximum Gasteiger partial charge on any atom is 0.161 e. The summed E-state index contributed by atoms with van der Waals surface area (Å²) >= 11 is 3.57. The van der Waals surface area contributed by atoms with Crippen molar-refractivity contribution in [1.82, 2.24) is 4.90 Å². The molecule has 1 aliphatic heterocycles. The van der Waals surface area contributed by atoms with Gasteiger partial charge in [-0.05, 0) is 44.0 Å². The molecule has 106 valence electrons. The van der Waals surface area contributed by atoms with Crippen LogP contribution < -0.4 is 9.47 Å². The molecule has 0 aliphatic carbocycles. The number of para-hydroxylation sites is 2. The largest absolute Gasteiger partial charge is 0.493 e. The Bertz CT molecular complexity index is 378. The Kier molecular flexibility index (Phi) is 5.98. The Morgan fingerprint density at radius 2 is 1.89 bits per heavy atom. The molecular formula is C15H22BrNO2. The molecule has 2 rings (SSSR count). The van der Waals surface area contributed by atoms with E-state index in [1.807, 2.05) is 24.3 Å². The molecule has 0 N–H and O–H groups in total. The summed E-state index contributed by atoms with van der Waals surface area (Å²) in [4.78, 5) is 2.48. The molecule has 0 aromatic heterocycles. The third-order valence-electron chi connectivity index (χ3n) is 3.66. The Hall–Kier alpha value is -0.740. The number of hydrogen-bond donors (Lipinski definition) is 0. The second-order valence-electron chi connectivity index (χ2n) is 4.94. The quantitative estimate of drug-likeness (QED) is 0.749. The number of likely N-dealkylation sites (tertiary alicyclic amines) is 1. The molecule has 1 saturated heterocycles. The van der Waals surface area contributed by atoms with Gasteiger partial charge in [0.2, 0.25) is 0 Å². The molecule has 0 unspecified atom stereocenters. The van der Waals surface area contributed by atoms with Crippen molar-refractivity contribution in [3.05, 3.63) is 24.3 Å². The van der Waals surface area contributed by atoms with Crippen molar-refractivity contribution in [2.45, 2.75) is 12.8 Å². The molecule has 0 spiro atoms. The number of benzene rings is 1. The molecule has 1 aliphatic rings. The van der Waals surface area contributed by atoms with Gasteiger partial charge in [-0.3, -0.25) is 4.90 Å². The Balaban J connectivity index is 1.72. The molecule has 3 nitrogen and oxygen atoms in total. The van der Waals surface area contributed by atoms with E-state index in [1.165, 1.54) is 25.9 Å². The average Bonchev–Trinajstić information content (AvgIpc) is 2.48. The number of nitrogens with zero attached hydrogens (tertiary/aromatic N) is 1. The maximum absolute atomic E-state index is 5.81. The lowest BCUT2D eigenvalue weighted by Gasteiger charge is -2.30. The van der Waals surface area contributed by atoms with Crippen molar-refractivity contribution in [1.29, 1.82) is 0 Å². The van der Waals surface area contributed by atoms with Crippen LogP contribution in [0.2, 0.25) is 0 Å². The van der Waals surface area contributed by atoms with Gasteiger partial charge in [0, 0.05) is 11.9 Å². The molecule has 0 atom stereocenters. The Labute approximate surface area is 124 Å². The number of ether oxygens (including phenoxy) is 2. The van der Waals surface area contributed by atoms with E-state index in [2.05, 4.69) is 20.8 Å². The van der Waals surface area contributed by atoms with Gasteiger partial charge in [-0.15, -0.1) is 0 Å². The van der Waals surface area contributed by atoms with Gasteiger partial charge >= 0.3 is 0 Å². The molecule has 1 heterocycles. The summed E-state index contributed by atoms with van der Waals surface area (Å²) in [5.74, 6) is 2.49. The van der Waals surface area contributed by atoms with Crippen molar-refractivity contribution < 1.29 is 9.47 Å². The molecule has 1 aromatic carbocycles. The van der Waals surface area contributed by atoms with Crippen LogP contribution in [0.1, 0.15) is 12.8 Å². The first-order valence-electron chi connectivity index (χ1n) is 6.87. The lowest BCUT2D eigenvalue weighted by Crippen LogP contribution is -2.36. The van der Waals surface area contributed by atoms with Crippen molar-refractivity contribution in [3.8, 4) is 11.5 Å². The summed E-state index contributed by atoms with van der Waals surface area (Å²) in [6.07, 6.45) is 2.58. The fourth-order valence-electron chi connectivity index (χ4n) is 2.39. The Morgan fingerprint density at radius 1 is 1.21 bits per heavy atom. The highest BCUT2D eigenvalue weighted by atomic mass is 79.9. The normalized spacial score (nSPS) is 17.4. The molecule has 0 bridgehead atoms. The lowest BCUT2D eigenvalue weighted by atomic mass is 9.99. The molecule has 0 saturated carbocycles. The molecular weight excluding hydrogens is 306 g/mol. The molecule has 1 fully saturated rings. The Morgan fingerprint density at radius 3 is 2.53 bits per heavy atom. The van der Waals surface area contributed by atoms with E-state index < -0.39 is 0 Å². The first-order chi connectivity index (χ1) is 9.33. The zero-order chi connectivity index (χ0) is 13.5. The van der Waals surface area contributed by atoms with Crippen LogP contribution in [0.3, 0.4) is 0 Å². The monoisotopic (exact) mass is 327 g/mol. The van der Waals surface area contributed by atoms with E-state index in [-0.39, 0.29) is 0 Å². The second-order valence-corrected chi connectivity index (χ2v) is 5.59. The zero-order valence-electron chi connectivity index (χ0n) is 11.5. The average molecular weight is 328 g/mol. The summed E-state index contributed by atoms with van der Waals surface area (Å²) in [6, 6.07) is 7.81. The maximum atomic E-state index is 5.81. The molecule has 0 amide bonds. The number of rotatable bonds is 6. The summed E-state index contributed by atoms with van der Waals surface area (Å²) < 4.78 is 11.1. The minimum Gasteiger partial charge on any atom is -0.493 e. The van der Waals surface area contributed by atoms with Crippen LogP contribution in [0, 0.1) is 5.92 Å². The van der Waals surface area contributed by atoms with E-state index in [1.54, 1.807) is 7.11 Å². The van der Waals surface area contributed by atoms with Crippen LogP contribution in [-0.4, -0.2) is 43.6 Å². The minimum absolute atomic E-state index is 0.722. The van der Waals surface area contributed by atoms with Crippen LogP contribution in [0.5, 0.6) is 11.5 Å². The highest BCUT2D eigenvalue weighted by Gasteiger charge is 2.17. The van der Waals surface area contributed by atoms with E-state index in [0.717, 1.165) is 35.9 Å². The number of hydrogen-bond acceptors (Lipinski definition) is 3. The van der Waals surface area contributed by atoms with Gasteiger partial charge in [0.05, 0.1) is 7.11 Å². The fourth-order valence-corrected chi connectivity index (χ4v) is 3.03. The first kappa shape index (κ1) is 14.7. The lowest BCUT2D eigenvalue weighted by molar-refractivity contribution is 0.160. The van der Waals surface area contributed by atoms with Gasteiger partial charge in [-0.2, -0.15) is 0 Å². The van der Waals surface area contributed by atoms with Gasteiger partial charge in [0.1, 0.15) is 6.61 Å². The topological polar surface area (TPSA) is 21.7 Å². The van der Waals surface area contributed by atoms with Crippen LogP contribution in [0.15, 0.2) is 24.3 Å². The number of halogens is 1. The van der Waals surface area contributed by atoms with Crippen LogP contribution >= 0.6 is 15.9 Å². The molecule has 19 heavy (non-hydrogen) atoms. The SMILES string of the molecule is COc1ccccc1OCCN1CCC(CBr)CC1. The summed E-state index contributed by atoms with van der Waals surface area (Å²) in [5, 5.41) is 1.14. The van der Waals surface area contributed by atoms with E-state index in [4.69, 9.17) is 9.47 Å². The summed E-state index contributed by atoms with van der Waals surface area (Å²) in [6.45, 7) is 4.09. The van der Waals surface area contributed by atoms with E-state index in [9.17, 15) is 0 Å². The second kappa shape index (κ2) is 7.75. The minimum atomic E-state index is 0.722.